The van der Waals surface area contributed by atoms with Crippen LogP contribution in [0.5, 0.6) is 5.75 Å². The monoisotopic (exact) mass is 199 g/mol. The molecule has 0 heterocycles. The Hall–Kier alpha value is -1.29. The van der Waals surface area contributed by atoms with Crippen LogP contribution in [-0.4, -0.2) is 27.4 Å². The molecule has 0 aliphatic heterocycles. The Bertz CT molecular complexity index is 291. The van der Waals surface area contributed by atoms with Gasteiger partial charge in [0.15, 0.2) is 0 Å². The number of methoxy groups -OCH3 is 2. The van der Waals surface area contributed by atoms with Crippen molar-refractivity contribution in [1.82, 2.24) is 0 Å². The van der Waals surface area contributed by atoms with Crippen molar-refractivity contribution >= 4 is 5.69 Å². The van der Waals surface area contributed by atoms with Gasteiger partial charge in [0.05, 0.1) is 19.4 Å². The van der Waals surface area contributed by atoms with E-state index in [0.717, 1.165) is 5.69 Å². The van der Waals surface area contributed by atoms with Gasteiger partial charge in [-0.2, -0.15) is 0 Å². The zero-order valence-electron chi connectivity index (χ0n) is 8.34. The molecular formula is C10H14FNO2. The summed E-state index contributed by atoms with van der Waals surface area (Å²) in [6, 6.07) is 4.37. The van der Waals surface area contributed by atoms with Gasteiger partial charge in [0.25, 0.3) is 0 Å². The van der Waals surface area contributed by atoms with Crippen molar-refractivity contribution in [2.45, 2.75) is 0 Å². The highest BCUT2D eigenvalue weighted by atomic mass is 19.1. The number of hydrogen-bond donors (Lipinski definition) is 1. The average molecular weight is 199 g/mol. The predicted octanol–water partition coefficient (Wildman–Crippen LogP) is 1.89. The third kappa shape index (κ3) is 2.88. The minimum Gasteiger partial charge on any atom is -0.494 e. The molecule has 0 amide bonds. The van der Waals surface area contributed by atoms with Gasteiger partial charge in [-0.25, -0.2) is 4.39 Å². The number of nitrogens with one attached hydrogen (secondary N) is 1. The van der Waals surface area contributed by atoms with Gasteiger partial charge in [0.2, 0.25) is 0 Å². The first-order chi connectivity index (χ1) is 6.77. The fraction of sp³-hybridized carbons (Fsp3) is 0.400. The molecule has 0 spiro atoms. The molecule has 1 N–H and O–H groups in total. The van der Waals surface area contributed by atoms with Gasteiger partial charge >= 0.3 is 0 Å². The van der Waals surface area contributed by atoms with Crippen LogP contribution in [0.4, 0.5) is 10.1 Å². The van der Waals surface area contributed by atoms with Crippen molar-refractivity contribution in [3.8, 4) is 5.75 Å². The minimum absolute atomic E-state index is 0.306. The van der Waals surface area contributed by atoms with Crippen LogP contribution < -0.4 is 10.1 Å². The Morgan fingerprint density at radius 1 is 1.36 bits per heavy atom. The maximum Gasteiger partial charge on any atom is 0.144 e. The lowest BCUT2D eigenvalue weighted by molar-refractivity contribution is 0.210. The van der Waals surface area contributed by atoms with E-state index >= 15 is 0 Å². The lowest BCUT2D eigenvalue weighted by Gasteiger charge is -2.10. The van der Waals surface area contributed by atoms with Gasteiger partial charge in [-0.1, -0.05) is 0 Å². The second-order valence-electron chi connectivity index (χ2n) is 2.76. The van der Waals surface area contributed by atoms with Gasteiger partial charge in [0.1, 0.15) is 11.6 Å². The Balaban J connectivity index is 2.65. The van der Waals surface area contributed by atoms with E-state index in [4.69, 9.17) is 9.47 Å². The molecule has 78 valence electrons. The second kappa shape index (κ2) is 5.44. The standard InChI is InChI=1S/C10H14FNO2/c1-13-6-5-12-9-4-3-8(11)7-10(9)14-2/h3-4,7,12H,5-6H2,1-2H3. The Labute approximate surface area is 82.8 Å². The second-order valence-corrected chi connectivity index (χ2v) is 2.76. The number of hydrogen-bond acceptors (Lipinski definition) is 3. The van der Waals surface area contributed by atoms with Crippen molar-refractivity contribution in [3.63, 3.8) is 0 Å². The highest BCUT2D eigenvalue weighted by Gasteiger charge is 2.02. The van der Waals surface area contributed by atoms with E-state index in [1.165, 1.54) is 19.2 Å². The molecule has 0 bridgehead atoms. The van der Waals surface area contributed by atoms with E-state index in [-0.39, 0.29) is 5.82 Å². The van der Waals surface area contributed by atoms with Crippen LogP contribution in [0.2, 0.25) is 0 Å². The maximum atomic E-state index is 12.8. The summed E-state index contributed by atoms with van der Waals surface area (Å²) in [6.45, 7) is 1.26. The normalized spacial score (nSPS) is 9.93. The van der Waals surface area contributed by atoms with Gasteiger partial charge in [-0.15, -0.1) is 0 Å². The number of benzene rings is 1. The highest BCUT2D eigenvalue weighted by molar-refractivity contribution is 5.56. The summed E-state index contributed by atoms with van der Waals surface area (Å²) in [7, 11) is 3.14. The van der Waals surface area contributed by atoms with Crippen LogP contribution >= 0.6 is 0 Å². The molecule has 0 saturated heterocycles. The lowest BCUT2D eigenvalue weighted by atomic mass is 10.3. The summed E-state index contributed by atoms with van der Waals surface area (Å²) < 4.78 is 22.7. The summed E-state index contributed by atoms with van der Waals surface area (Å²) in [6.07, 6.45) is 0. The first-order valence-electron chi connectivity index (χ1n) is 4.34. The summed E-state index contributed by atoms with van der Waals surface area (Å²) in [4.78, 5) is 0. The van der Waals surface area contributed by atoms with Gasteiger partial charge in [-0.3, -0.25) is 0 Å². The number of anilines is 1. The van der Waals surface area contributed by atoms with Gasteiger partial charge in [-0.05, 0) is 12.1 Å². The van der Waals surface area contributed by atoms with Crippen LogP contribution in [0.25, 0.3) is 0 Å². The third-order valence-electron chi connectivity index (χ3n) is 1.79. The van der Waals surface area contributed by atoms with Crippen molar-refractivity contribution in [1.29, 1.82) is 0 Å². The highest BCUT2D eigenvalue weighted by Crippen LogP contribution is 2.24. The van der Waals surface area contributed by atoms with Crippen molar-refractivity contribution < 1.29 is 13.9 Å². The summed E-state index contributed by atoms with van der Waals surface area (Å²) in [5.74, 6) is 0.195. The van der Waals surface area contributed by atoms with Crippen molar-refractivity contribution in [2.75, 3.05) is 32.7 Å². The molecule has 0 radical (unpaired) electrons. The largest absolute Gasteiger partial charge is 0.494 e. The number of rotatable bonds is 5. The fourth-order valence-electron chi connectivity index (χ4n) is 1.10. The van der Waals surface area contributed by atoms with Crippen LogP contribution in [0.15, 0.2) is 18.2 Å². The average Bonchev–Trinajstić information content (AvgIpc) is 2.20. The topological polar surface area (TPSA) is 30.5 Å². The molecule has 4 heteroatoms. The molecular weight excluding hydrogens is 185 g/mol. The zero-order chi connectivity index (χ0) is 10.4. The molecule has 3 nitrogen and oxygen atoms in total. The van der Waals surface area contributed by atoms with E-state index < -0.39 is 0 Å². The van der Waals surface area contributed by atoms with E-state index in [9.17, 15) is 4.39 Å². The number of ether oxygens (including phenoxy) is 2. The Morgan fingerprint density at radius 3 is 2.79 bits per heavy atom. The number of halogens is 1. The Kier molecular flexibility index (Phi) is 4.19. The third-order valence-corrected chi connectivity index (χ3v) is 1.79. The van der Waals surface area contributed by atoms with E-state index in [2.05, 4.69) is 5.32 Å². The van der Waals surface area contributed by atoms with E-state index in [1.54, 1.807) is 13.2 Å². The van der Waals surface area contributed by atoms with Crippen molar-refractivity contribution in [2.24, 2.45) is 0 Å². The first-order valence-corrected chi connectivity index (χ1v) is 4.34. The molecule has 0 aliphatic rings. The van der Waals surface area contributed by atoms with E-state index in [0.29, 0.717) is 18.9 Å². The predicted molar refractivity (Wildman–Crippen MR) is 53.3 cm³/mol. The Morgan fingerprint density at radius 2 is 2.14 bits per heavy atom. The summed E-state index contributed by atoms with van der Waals surface area (Å²) in [5, 5.41) is 3.08. The molecule has 0 atom stereocenters. The maximum absolute atomic E-state index is 12.8. The summed E-state index contributed by atoms with van der Waals surface area (Å²) in [5.41, 5.74) is 0.769. The lowest BCUT2D eigenvalue weighted by Crippen LogP contribution is -2.08. The smallest absolute Gasteiger partial charge is 0.144 e. The summed E-state index contributed by atoms with van der Waals surface area (Å²) >= 11 is 0. The quantitative estimate of drug-likeness (QED) is 0.734. The van der Waals surface area contributed by atoms with Gasteiger partial charge < -0.3 is 14.8 Å². The van der Waals surface area contributed by atoms with Crippen LogP contribution in [0.1, 0.15) is 0 Å². The molecule has 0 unspecified atom stereocenters. The van der Waals surface area contributed by atoms with Crippen LogP contribution in [-0.2, 0) is 4.74 Å². The van der Waals surface area contributed by atoms with Crippen LogP contribution in [0, 0.1) is 5.82 Å². The SMILES string of the molecule is COCCNc1ccc(F)cc1OC. The molecule has 0 saturated carbocycles. The molecule has 0 aromatic heterocycles. The fourth-order valence-corrected chi connectivity index (χ4v) is 1.10. The minimum atomic E-state index is -0.306. The molecule has 0 fully saturated rings. The molecule has 14 heavy (non-hydrogen) atoms. The van der Waals surface area contributed by atoms with Gasteiger partial charge in [0, 0.05) is 19.7 Å². The van der Waals surface area contributed by atoms with Crippen LogP contribution in [0.3, 0.4) is 0 Å². The zero-order valence-corrected chi connectivity index (χ0v) is 8.34. The first kappa shape index (κ1) is 10.8. The molecule has 1 aromatic rings. The van der Waals surface area contributed by atoms with Crippen molar-refractivity contribution in [3.05, 3.63) is 24.0 Å². The molecule has 0 aliphatic carbocycles. The van der Waals surface area contributed by atoms with E-state index in [1.807, 2.05) is 0 Å². The molecule has 1 rings (SSSR count). The molecule has 1 aromatic carbocycles.